The van der Waals surface area contributed by atoms with Crippen LogP contribution < -0.4 is 10.6 Å². The van der Waals surface area contributed by atoms with E-state index in [4.69, 9.17) is 0 Å². The van der Waals surface area contributed by atoms with Crippen LogP contribution in [0, 0.1) is 0 Å². The molecule has 1 aliphatic heterocycles. The number of aromatic nitrogens is 1. The number of fused-ring (bicyclic) bond motifs is 1. The van der Waals surface area contributed by atoms with Crippen LogP contribution >= 0.6 is 0 Å². The van der Waals surface area contributed by atoms with Gasteiger partial charge in [0.15, 0.2) is 0 Å². The maximum Gasteiger partial charge on any atom is 0.238 e. The fourth-order valence-corrected chi connectivity index (χ4v) is 3.61. The largest absolute Gasteiger partial charge is 0.506 e. The van der Waals surface area contributed by atoms with Crippen molar-refractivity contribution in [1.82, 2.24) is 9.88 Å². The molecule has 2 heterocycles. The molecule has 28 heavy (non-hydrogen) atoms. The van der Waals surface area contributed by atoms with Crippen LogP contribution in [0.15, 0.2) is 60.8 Å². The Morgan fingerprint density at radius 2 is 1.93 bits per heavy atom. The molecule has 0 radical (unpaired) electrons. The highest BCUT2D eigenvalue weighted by atomic mass is 16.3. The van der Waals surface area contributed by atoms with E-state index in [0.717, 1.165) is 48.2 Å². The molecule has 144 valence electrons. The molecule has 4 rings (SSSR count). The third kappa shape index (κ3) is 4.40. The molecule has 0 atom stereocenters. The Bertz CT molecular complexity index is 967. The van der Waals surface area contributed by atoms with E-state index in [0.29, 0.717) is 12.6 Å². The Labute approximate surface area is 164 Å². The second kappa shape index (κ2) is 8.27. The molecule has 0 aliphatic carbocycles. The SMILES string of the molecule is O=C(CN1CCC(Nc2ccccc2O)CC1)Nc1ccc2ncccc2c1. The number of hydrogen-bond acceptors (Lipinski definition) is 5. The lowest BCUT2D eigenvalue weighted by Crippen LogP contribution is -2.42. The monoisotopic (exact) mass is 376 g/mol. The van der Waals surface area contributed by atoms with Crippen molar-refractivity contribution in [3.8, 4) is 5.75 Å². The van der Waals surface area contributed by atoms with Crippen molar-refractivity contribution in [2.75, 3.05) is 30.3 Å². The number of pyridine rings is 1. The van der Waals surface area contributed by atoms with Crippen molar-refractivity contribution < 1.29 is 9.90 Å². The summed E-state index contributed by atoms with van der Waals surface area (Å²) in [6.07, 6.45) is 3.63. The zero-order valence-electron chi connectivity index (χ0n) is 15.6. The number of benzene rings is 2. The van der Waals surface area contributed by atoms with Crippen LogP contribution in [-0.2, 0) is 4.79 Å². The fourth-order valence-electron chi connectivity index (χ4n) is 3.61. The quantitative estimate of drug-likeness (QED) is 0.595. The second-order valence-corrected chi connectivity index (χ2v) is 7.17. The number of rotatable bonds is 5. The highest BCUT2D eigenvalue weighted by Crippen LogP contribution is 2.25. The number of amides is 1. The number of carbonyl (C=O) groups is 1. The topological polar surface area (TPSA) is 77.5 Å². The second-order valence-electron chi connectivity index (χ2n) is 7.17. The average molecular weight is 376 g/mol. The van der Waals surface area contributed by atoms with Gasteiger partial charge in [0.2, 0.25) is 5.91 Å². The van der Waals surface area contributed by atoms with Gasteiger partial charge in [-0.1, -0.05) is 18.2 Å². The van der Waals surface area contributed by atoms with Crippen molar-refractivity contribution in [3.63, 3.8) is 0 Å². The highest BCUT2D eigenvalue weighted by Gasteiger charge is 2.21. The molecular weight excluding hydrogens is 352 g/mol. The minimum atomic E-state index is -0.00430. The number of hydrogen-bond donors (Lipinski definition) is 3. The lowest BCUT2D eigenvalue weighted by Gasteiger charge is -2.32. The molecule has 2 aromatic carbocycles. The summed E-state index contributed by atoms with van der Waals surface area (Å²) in [6, 6.07) is 17.2. The van der Waals surface area contributed by atoms with E-state index in [9.17, 15) is 9.90 Å². The molecule has 3 N–H and O–H groups in total. The van der Waals surface area contributed by atoms with Crippen molar-refractivity contribution in [2.24, 2.45) is 0 Å². The lowest BCUT2D eigenvalue weighted by molar-refractivity contribution is -0.117. The van der Waals surface area contributed by atoms with Crippen LogP contribution in [0.2, 0.25) is 0 Å². The third-order valence-electron chi connectivity index (χ3n) is 5.11. The molecule has 0 saturated carbocycles. The van der Waals surface area contributed by atoms with Gasteiger partial charge < -0.3 is 15.7 Å². The van der Waals surface area contributed by atoms with E-state index in [-0.39, 0.29) is 11.7 Å². The Balaban J connectivity index is 1.27. The molecule has 0 spiro atoms. The molecule has 6 heteroatoms. The Morgan fingerprint density at radius 1 is 1.11 bits per heavy atom. The van der Waals surface area contributed by atoms with Gasteiger partial charge >= 0.3 is 0 Å². The summed E-state index contributed by atoms with van der Waals surface area (Å²) >= 11 is 0. The van der Waals surface area contributed by atoms with Gasteiger partial charge in [-0.15, -0.1) is 0 Å². The van der Waals surface area contributed by atoms with Gasteiger partial charge in [0.1, 0.15) is 5.75 Å². The molecule has 6 nitrogen and oxygen atoms in total. The first-order valence-electron chi connectivity index (χ1n) is 9.59. The van der Waals surface area contributed by atoms with Gasteiger partial charge in [0.05, 0.1) is 17.7 Å². The Kier molecular flexibility index (Phi) is 5.39. The van der Waals surface area contributed by atoms with Crippen LogP contribution in [-0.4, -0.2) is 46.6 Å². The van der Waals surface area contributed by atoms with Crippen molar-refractivity contribution in [3.05, 3.63) is 60.8 Å². The molecule has 1 amide bonds. The number of likely N-dealkylation sites (tertiary alicyclic amines) is 1. The summed E-state index contributed by atoms with van der Waals surface area (Å²) in [5, 5.41) is 17.3. The predicted octanol–water partition coefficient (Wildman–Crippen LogP) is 3.46. The Hall–Kier alpha value is -3.12. The van der Waals surface area contributed by atoms with E-state index >= 15 is 0 Å². The smallest absolute Gasteiger partial charge is 0.238 e. The highest BCUT2D eigenvalue weighted by molar-refractivity contribution is 5.94. The predicted molar refractivity (Wildman–Crippen MR) is 112 cm³/mol. The minimum Gasteiger partial charge on any atom is -0.506 e. The summed E-state index contributed by atoms with van der Waals surface area (Å²) in [7, 11) is 0. The van der Waals surface area contributed by atoms with Gasteiger partial charge in [-0.2, -0.15) is 0 Å². The standard InChI is InChI=1S/C22H24N4O2/c27-21-6-2-1-5-20(21)24-17-9-12-26(13-10-17)15-22(28)25-18-7-8-19-16(14-18)4-3-11-23-19/h1-8,11,14,17,24,27H,9-10,12-13,15H2,(H,25,28). The maximum absolute atomic E-state index is 12.4. The van der Waals surface area contributed by atoms with Crippen LogP contribution in [0.4, 0.5) is 11.4 Å². The molecular formula is C22H24N4O2. The van der Waals surface area contributed by atoms with E-state index < -0.39 is 0 Å². The first-order valence-corrected chi connectivity index (χ1v) is 9.59. The molecule has 1 saturated heterocycles. The number of nitrogens with one attached hydrogen (secondary N) is 2. The normalized spacial score (nSPS) is 15.4. The van der Waals surface area contributed by atoms with Crippen LogP contribution in [0.1, 0.15) is 12.8 Å². The van der Waals surface area contributed by atoms with Crippen molar-refractivity contribution >= 4 is 28.2 Å². The van der Waals surface area contributed by atoms with E-state index in [1.54, 1.807) is 12.3 Å². The van der Waals surface area contributed by atoms with Crippen LogP contribution in [0.3, 0.4) is 0 Å². The van der Waals surface area contributed by atoms with Crippen molar-refractivity contribution in [1.29, 1.82) is 0 Å². The molecule has 0 unspecified atom stereocenters. The molecule has 1 fully saturated rings. The summed E-state index contributed by atoms with van der Waals surface area (Å²) in [5.74, 6) is 0.269. The van der Waals surface area contributed by atoms with Crippen LogP contribution in [0.25, 0.3) is 10.9 Å². The first-order chi connectivity index (χ1) is 13.7. The van der Waals surface area contributed by atoms with E-state index in [2.05, 4.69) is 20.5 Å². The summed E-state index contributed by atoms with van der Waals surface area (Å²) < 4.78 is 0. The average Bonchev–Trinajstić information content (AvgIpc) is 2.71. The third-order valence-corrected chi connectivity index (χ3v) is 5.11. The molecule has 3 aromatic rings. The number of anilines is 2. The Morgan fingerprint density at radius 3 is 2.75 bits per heavy atom. The summed E-state index contributed by atoms with van der Waals surface area (Å²) in [5.41, 5.74) is 2.48. The maximum atomic E-state index is 12.4. The molecule has 1 aliphatic rings. The number of para-hydroxylation sites is 2. The van der Waals surface area contributed by atoms with Crippen molar-refractivity contribution in [2.45, 2.75) is 18.9 Å². The summed E-state index contributed by atoms with van der Waals surface area (Å²) in [6.45, 7) is 2.08. The number of phenols is 1. The number of carbonyl (C=O) groups excluding carboxylic acids is 1. The van der Waals surface area contributed by atoms with Gasteiger partial charge in [0.25, 0.3) is 0 Å². The van der Waals surface area contributed by atoms with E-state index in [1.807, 2.05) is 48.5 Å². The number of aromatic hydroxyl groups is 1. The summed E-state index contributed by atoms with van der Waals surface area (Å²) in [4.78, 5) is 18.9. The zero-order chi connectivity index (χ0) is 19.3. The lowest BCUT2D eigenvalue weighted by atomic mass is 10.0. The molecule has 1 aromatic heterocycles. The molecule has 0 bridgehead atoms. The van der Waals surface area contributed by atoms with E-state index in [1.165, 1.54) is 0 Å². The number of phenolic OH excluding ortho intramolecular Hbond substituents is 1. The van der Waals surface area contributed by atoms with Gasteiger partial charge in [-0.25, -0.2) is 0 Å². The van der Waals surface area contributed by atoms with Gasteiger partial charge in [-0.05, 0) is 49.2 Å². The van der Waals surface area contributed by atoms with Crippen LogP contribution in [0.5, 0.6) is 5.75 Å². The minimum absolute atomic E-state index is 0.00430. The van der Waals surface area contributed by atoms with Gasteiger partial charge in [0, 0.05) is 36.4 Å². The first kappa shape index (κ1) is 18.3. The number of nitrogens with zero attached hydrogens (tertiary/aromatic N) is 2. The zero-order valence-corrected chi connectivity index (χ0v) is 15.6. The fraction of sp³-hybridized carbons (Fsp3) is 0.273. The van der Waals surface area contributed by atoms with Gasteiger partial charge in [-0.3, -0.25) is 14.7 Å². The number of piperidine rings is 1.